The summed E-state index contributed by atoms with van der Waals surface area (Å²) in [5.41, 5.74) is 1.68. The Bertz CT molecular complexity index is 107. The number of hydrogen-bond donors (Lipinski definition) is 0. The molecule has 2 heterocycles. The van der Waals surface area contributed by atoms with Crippen molar-refractivity contribution in [2.45, 2.75) is 11.1 Å². The summed E-state index contributed by atoms with van der Waals surface area (Å²) in [5, 5.41) is 0. The molecule has 34 valence electrons. The second-order valence-electron chi connectivity index (χ2n) is 1.99. The van der Waals surface area contributed by atoms with Gasteiger partial charge in [0.2, 0.25) is 0 Å². The highest BCUT2D eigenvalue weighted by molar-refractivity contribution is 6.45. The van der Waals surface area contributed by atoms with E-state index in [2.05, 4.69) is 24.3 Å². The highest BCUT2D eigenvalue weighted by atomic mass is 28.2. The van der Waals surface area contributed by atoms with Gasteiger partial charge in [0.25, 0.3) is 0 Å². The van der Waals surface area contributed by atoms with Gasteiger partial charge in [0.1, 0.15) is 0 Å². The van der Waals surface area contributed by atoms with Gasteiger partial charge in [-0.1, -0.05) is 24.3 Å². The number of hydrogen-bond acceptors (Lipinski definition) is 0. The standard InChI is InChI=1S/C6H6Si/c1-2-6-4-3-5(1)7-6/h1-6H. The van der Waals surface area contributed by atoms with Crippen LogP contribution in [0.15, 0.2) is 24.3 Å². The van der Waals surface area contributed by atoms with Crippen LogP contribution in [0.1, 0.15) is 0 Å². The molecule has 2 bridgehead atoms. The Morgan fingerprint density at radius 3 is 1.43 bits per heavy atom. The Labute approximate surface area is 45.7 Å². The molecule has 0 aromatic carbocycles. The van der Waals surface area contributed by atoms with Crippen molar-refractivity contribution in [3.8, 4) is 0 Å². The molecule has 2 radical (unpaired) electrons. The van der Waals surface area contributed by atoms with Crippen molar-refractivity contribution in [3.05, 3.63) is 24.3 Å². The van der Waals surface area contributed by atoms with E-state index in [-0.39, 0.29) is 0 Å². The Morgan fingerprint density at radius 1 is 0.857 bits per heavy atom. The van der Waals surface area contributed by atoms with Crippen LogP contribution >= 0.6 is 0 Å². The quantitative estimate of drug-likeness (QED) is 0.323. The smallest absolute Gasteiger partial charge is 0.0653 e. The predicted octanol–water partition coefficient (Wildman–Crippen LogP) is 1.41. The molecule has 0 aliphatic carbocycles. The summed E-state index contributed by atoms with van der Waals surface area (Å²) in [6.07, 6.45) is 9.23. The topological polar surface area (TPSA) is 0 Å². The van der Waals surface area contributed by atoms with Gasteiger partial charge in [-0.2, -0.15) is 0 Å². The van der Waals surface area contributed by atoms with Crippen molar-refractivity contribution >= 4 is 9.52 Å². The van der Waals surface area contributed by atoms with E-state index in [9.17, 15) is 0 Å². The van der Waals surface area contributed by atoms with Crippen LogP contribution in [0.2, 0.25) is 11.1 Å². The molecule has 0 N–H and O–H groups in total. The average molecular weight is 106 g/mol. The molecule has 2 rings (SSSR count). The first kappa shape index (κ1) is 3.67. The lowest BCUT2D eigenvalue weighted by Gasteiger charge is -1.87. The van der Waals surface area contributed by atoms with Crippen molar-refractivity contribution in [1.82, 2.24) is 0 Å². The Kier molecular flexibility index (Phi) is 0.576. The van der Waals surface area contributed by atoms with Crippen LogP contribution in [0, 0.1) is 0 Å². The summed E-state index contributed by atoms with van der Waals surface area (Å²) >= 11 is 0. The lowest BCUT2D eigenvalue weighted by atomic mass is 10.2. The van der Waals surface area contributed by atoms with Crippen LogP contribution < -0.4 is 0 Å². The minimum Gasteiger partial charge on any atom is -0.0846 e. The van der Waals surface area contributed by atoms with Gasteiger partial charge in [-0.15, -0.1) is 0 Å². The van der Waals surface area contributed by atoms with Gasteiger partial charge in [-0.3, -0.25) is 0 Å². The number of allylic oxidation sites excluding steroid dienone is 4. The Balaban J connectivity index is 2.38. The van der Waals surface area contributed by atoms with E-state index >= 15 is 0 Å². The van der Waals surface area contributed by atoms with Crippen molar-refractivity contribution < 1.29 is 0 Å². The lowest BCUT2D eigenvalue weighted by molar-refractivity contribution is 1.34. The molecule has 0 amide bonds. The molecule has 0 saturated carbocycles. The second-order valence-corrected chi connectivity index (χ2v) is 3.65. The van der Waals surface area contributed by atoms with Crippen molar-refractivity contribution in [3.63, 3.8) is 0 Å². The molecule has 0 fully saturated rings. The zero-order valence-electron chi connectivity index (χ0n) is 3.96. The van der Waals surface area contributed by atoms with Gasteiger partial charge in [0.15, 0.2) is 0 Å². The summed E-state index contributed by atoms with van der Waals surface area (Å²) in [5.74, 6) is 0. The van der Waals surface area contributed by atoms with Crippen molar-refractivity contribution in [2.75, 3.05) is 0 Å². The fourth-order valence-corrected chi connectivity index (χ4v) is 2.38. The van der Waals surface area contributed by atoms with E-state index in [1.54, 1.807) is 0 Å². The first-order valence-corrected chi connectivity index (χ1v) is 3.73. The number of fused-ring (bicyclic) bond motifs is 2. The van der Waals surface area contributed by atoms with Crippen LogP contribution in [0.4, 0.5) is 0 Å². The molecule has 0 nitrogen and oxygen atoms in total. The third-order valence-electron chi connectivity index (χ3n) is 1.44. The first-order chi connectivity index (χ1) is 3.45. The van der Waals surface area contributed by atoms with Crippen LogP contribution in [-0.2, 0) is 0 Å². The van der Waals surface area contributed by atoms with Crippen molar-refractivity contribution in [2.24, 2.45) is 0 Å². The molecule has 7 heavy (non-hydrogen) atoms. The van der Waals surface area contributed by atoms with Crippen LogP contribution in [0.25, 0.3) is 0 Å². The molecule has 0 spiro atoms. The largest absolute Gasteiger partial charge is 0.0846 e. The minimum absolute atomic E-state index is 0.838. The highest BCUT2D eigenvalue weighted by Crippen LogP contribution is 2.33. The Morgan fingerprint density at radius 2 is 1.29 bits per heavy atom. The molecule has 0 aromatic rings. The van der Waals surface area contributed by atoms with Gasteiger partial charge < -0.3 is 0 Å². The minimum atomic E-state index is 0.838. The summed E-state index contributed by atoms with van der Waals surface area (Å²) in [6, 6.07) is 0. The zero-order chi connectivity index (χ0) is 4.69. The van der Waals surface area contributed by atoms with E-state index in [0.29, 0.717) is 0 Å². The maximum atomic E-state index is 2.31. The van der Waals surface area contributed by atoms with E-state index in [1.807, 2.05) is 0 Å². The van der Waals surface area contributed by atoms with E-state index in [1.165, 1.54) is 0 Å². The van der Waals surface area contributed by atoms with E-state index in [0.717, 1.165) is 20.6 Å². The summed E-state index contributed by atoms with van der Waals surface area (Å²) in [7, 11) is 1.15. The lowest BCUT2D eigenvalue weighted by Crippen LogP contribution is -1.86. The molecule has 0 atom stereocenters. The second kappa shape index (κ2) is 1.10. The SMILES string of the molecule is C1=CC2C=CC1[Si]2. The van der Waals surface area contributed by atoms with E-state index in [4.69, 9.17) is 0 Å². The third kappa shape index (κ3) is 0.415. The molecular formula is C6H6Si. The van der Waals surface area contributed by atoms with Gasteiger partial charge >= 0.3 is 0 Å². The molecule has 1 heteroatoms. The predicted molar refractivity (Wildman–Crippen MR) is 31.5 cm³/mol. The van der Waals surface area contributed by atoms with E-state index < -0.39 is 0 Å². The third-order valence-corrected chi connectivity index (χ3v) is 2.98. The van der Waals surface area contributed by atoms with Crippen LogP contribution in [-0.4, -0.2) is 9.52 Å². The maximum Gasteiger partial charge on any atom is 0.0653 e. The van der Waals surface area contributed by atoms with Gasteiger partial charge in [-0.05, 0) is 11.1 Å². The summed E-state index contributed by atoms with van der Waals surface area (Å²) < 4.78 is 0. The fourth-order valence-electron chi connectivity index (χ4n) is 1.05. The maximum absolute atomic E-state index is 2.31. The monoisotopic (exact) mass is 106 g/mol. The summed E-state index contributed by atoms with van der Waals surface area (Å²) in [4.78, 5) is 0. The van der Waals surface area contributed by atoms with Crippen LogP contribution in [0.3, 0.4) is 0 Å². The Hall–Kier alpha value is -0.303. The first-order valence-electron chi connectivity index (χ1n) is 2.58. The molecule has 0 aromatic heterocycles. The zero-order valence-corrected chi connectivity index (χ0v) is 4.96. The summed E-state index contributed by atoms with van der Waals surface area (Å²) in [6.45, 7) is 0. The van der Waals surface area contributed by atoms with Crippen molar-refractivity contribution in [1.29, 1.82) is 0 Å². The van der Waals surface area contributed by atoms with Gasteiger partial charge in [-0.25, -0.2) is 0 Å². The molecule has 0 saturated heterocycles. The normalized spacial score (nSPS) is 43.4. The van der Waals surface area contributed by atoms with Crippen LogP contribution in [0.5, 0.6) is 0 Å². The van der Waals surface area contributed by atoms with Gasteiger partial charge in [0.05, 0.1) is 9.52 Å². The van der Waals surface area contributed by atoms with Gasteiger partial charge in [0, 0.05) is 0 Å². The molecule has 2 aliphatic heterocycles. The molecule has 2 aliphatic rings. The highest BCUT2D eigenvalue weighted by Gasteiger charge is 2.20. The molecule has 0 unspecified atom stereocenters. The fraction of sp³-hybridized carbons (Fsp3) is 0.333. The molecular weight excluding hydrogens is 100 g/mol. The number of rotatable bonds is 0. The average Bonchev–Trinajstić information content (AvgIpc) is 2.22.